The summed E-state index contributed by atoms with van der Waals surface area (Å²) in [5.41, 5.74) is 0. The maximum Gasteiger partial charge on any atom is 0.307 e. The lowest BCUT2D eigenvalue weighted by Gasteiger charge is -2.26. The number of hydrogen-bond acceptors (Lipinski definition) is 6. The number of benzene rings is 1. The summed E-state index contributed by atoms with van der Waals surface area (Å²) in [6.45, 7) is 1.51. The van der Waals surface area contributed by atoms with Crippen LogP contribution in [0.15, 0.2) is 29.2 Å². The Kier molecular flexibility index (Phi) is 7.37. The SMILES string of the molecule is CC(OC(=O)CCSc1ccc(Cl)cc1)C(=O)N(C)C1CCS(=O)(=O)C1. The van der Waals surface area contributed by atoms with Crippen LogP contribution in [0.5, 0.6) is 0 Å². The molecule has 26 heavy (non-hydrogen) atoms. The van der Waals surface area contributed by atoms with Crippen molar-refractivity contribution in [3.63, 3.8) is 0 Å². The van der Waals surface area contributed by atoms with Gasteiger partial charge in [-0.05, 0) is 37.6 Å². The van der Waals surface area contributed by atoms with E-state index in [1.807, 2.05) is 12.1 Å². The Hall–Kier alpha value is -1.25. The molecule has 0 N–H and O–H groups in total. The lowest BCUT2D eigenvalue weighted by molar-refractivity contribution is -0.158. The van der Waals surface area contributed by atoms with Crippen molar-refractivity contribution in [2.45, 2.75) is 36.8 Å². The number of nitrogens with zero attached hydrogens (tertiary/aromatic N) is 1. The van der Waals surface area contributed by atoms with Gasteiger partial charge in [-0.25, -0.2) is 8.42 Å². The summed E-state index contributed by atoms with van der Waals surface area (Å²) >= 11 is 7.32. The fraction of sp³-hybridized carbons (Fsp3) is 0.529. The van der Waals surface area contributed by atoms with Gasteiger partial charge in [0.25, 0.3) is 5.91 Å². The van der Waals surface area contributed by atoms with E-state index in [0.717, 1.165) is 4.90 Å². The molecule has 0 radical (unpaired) electrons. The summed E-state index contributed by atoms with van der Waals surface area (Å²) in [7, 11) is -1.53. The molecule has 1 aliphatic rings. The third kappa shape index (κ3) is 6.17. The normalized spacial score (nSPS) is 19.7. The molecule has 0 spiro atoms. The number of amides is 1. The van der Waals surface area contributed by atoms with Crippen molar-refractivity contribution in [2.75, 3.05) is 24.3 Å². The number of thioether (sulfide) groups is 1. The highest BCUT2D eigenvalue weighted by Gasteiger charge is 2.34. The average Bonchev–Trinajstić information content (AvgIpc) is 2.95. The number of carbonyl (C=O) groups excluding carboxylic acids is 2. The first-order valence-corrected chi connectivity index (χ1v) is 11.4. The Balaban J connectivity index is 1.75. The number of esters is 1. The van der Waals surface area contributed by atoms with Crippen LogP contribution in [0.4, 0.5) is 0 Å². The van der Waals surface area contributed by atoms with Gasteiger partial charge in [-0.3, -0.25) is 9.59 Å². The highest BCUT2D eigenvalue weighted by Crippen LogP contribution is 2.21. The van der Waals surface area contributed by atoms with Gasteiger partial charge in [0.15, 0.2) is 15.9 Å². The topological polar surface area (TPSA) is 80.8 Å². The molecule has 6 nitrogen and oxygen atoms in total. The number of hydrogen-bond donors (Lipinski definition) is 0. The zero-order valence-electron chi connectivity index (χ0n) is 14.7. The van der Waals surface area contributed by atoms with Gasteiger partial charge >= 0.3 is 5.97 Å². The van der Waals surface area contributed by atoms with Gasteiger partial charge in [0.05, 0.1) is 17.9 Å². The van der Waals surface area contributed by atoms with Crippen LogP contribution >= 0.6 is 23.4 Å². The summed E-state index contributed by atoms with van der Waals surface area (Å²) in [6, 6.07) is 6.95. The molecule has 0 aromatic heterocycles. The quantitative estimate of drug-likeness (QED) is 0.498. The van der Waals surface area contributed by atoms with E-state index in [1.165, 1.54) is 23.6 Å². The summed E-state index contributed by atoms with van der Waals surface area (Å²) in [4.78, 5) is 26.6. The monoisotopic (exact) mass is 419 g/mol. The van der Waals surface area contributed by atoms with Gasteiger partial charge in [-0.2, -0.15) is 0 Å². The van der Waals surface area contributed by atoms with E-state index in [4.69, 9.17) is 16.3 Å². The summed E-state index contributed by atoms with van der Waals surface area (Å²) < 4.78 is 28.3. The Bertz CT molecular complexity index is 751. The summed E-state index contributed by atoms with van der Waals surface area (Å²) in [6.07, 6.45) is -0.341. The first kappa shape index (κ1) is 21.1. The third-order valence-electron chi connectivity index (χ3n) is 4.15. The van der Waals surface area contributed by atoms with E-state index in [-0.39, 0.29) is 29.9 Å². The van der Waals surface area contributed by atoms with Crippen molar-refractivity contribution in [1.82, 2.24) is 4.90 Å². The molecule has 2 unspecified atom stereocenters. The van der Waals surface area contributed by atoms with Gasteiger partial charge in [0.2, 0.25) is 0 Å². The van der Waals surface area contributed by atoms with E-state index < -0.39 is 21.9 Å². The first-order valence-electron chi connectivity index (χ1n) is 8.23. The molecule has 0 aliphatic carbocycles. The zero-order chi connectivity index (χ0) is 19.3. The van der Waals surface area contributed by atoms with Gasteiger partial charge in [-0.15, -0.1) is 11.8 Å². The van der Waals surface area contributed by atoms with Crippen molar-refractivity contribution < 1.29 is 22.7 Å². The fourth-order valence-electron chi connectivity index (χ4n) is 2.64. The molecule has 144 valence electrons. The van der Waals surface area contributed by atoms with Crippen molar-refractivity contribution >= 4 is 45.1 Å². The maximum absolute atomic E-state index is 12.3. The maximum atomic E-state index is 12.3. The molecule has 0 bridgehead atoms. The highest BCUT2D eigenvalue weighted by atomic mass is 35.5. The lowest BCUT2D eigenvalue weighted by Crippen LogP contribution is -2.44. The predicted molar refractivity (Wildman–Crippen MR) is 102 cm³/mol. The molecule has 2 atom stereocenters. The van der Waals surface area contributed by atoms with Crippen molar-refractivity contribution in [1.29, 1.82) is 0 Å². The lowest BCUT2D eigenvalue weighted by atomic mass is 10.2. The Labute approximate surface area is 163 Å². The summed E-state index contributed by atoms with van der Waals surface area (Å²) in [5.74, 6) is -0.262. The number of likely N-dealkylation sites (N-methyl/N-ethyl adjacent to an activating group) is 1. The molecule has 0 saturated carbocycles. The molecule has 1 fully saturated rings. The van der Waals surface area contributed by atoms with Crippen molar-refractivity contribution in [2.24, 2.45) is 0 Å². The molecule has 1 aromatic carbocycles. The van der Waals surface area contributed by atoms with Crippen LogP contribution in [0, 0.1) is 0 Å². The molecule has 1 saturated heterocycles. The smallest absolute Gasteiger partial charge is 0.307 e. The number of halogens is 1. The van der Waals surface area contributed by atoms with E-state index in [1.54, 1.807) is 19.2 Å². The van der Waals surface area contributed by atoms with Crippen LogP contribution in [0.2, 0.25) is 5.02 Å². The third-order valence-corrected chi connectivity index (χ3v) is 7.16. The van der Waals surface area contributed by atoms with Gasteiger partial charge in [0, 0.05) is 28.8 Å². The largest absolute Gasteiger partial charge is 0.453 e. The van der Waals surface area contributed by atoms with Gasteiger partial charge in [-0.1, -0.05) is 11.6 Å². The second-order valence-electron chi connectivity index (χ2n) is 6.19. The number of sulfone groups is 1. The molecule has 1 amide bonds. The standard InChI is InChI=1S/C17H22ClNO5S2/c1-12(17(21)19(2)14-8-10-26(22,23)11-14)24-16(20)7-9-25-15-5-3-13(18)4-6-15/h3-6,12,14H,7-11H2,1-2H3. The number of ether oxygens (including phenoxy) is 1. The second kappa shape index (κ2) is 9.10. The molecular weight excluding hydrogens is 398 g/mol. The fourth-order valence-corrected chi connectivity index (χ4v) is 5.37. The van der Waals surface area contributed by atoms with E-state index in [2.05, 4.69) is 0 Å². The minimum absolute atomic E-state index is 0.0341. The van der Waals surface area contributed by atoms with Crippen LogP contribution in [-0.4, -0.2) is 61.6 Å². The van der Waals surface area contributed by atoms with Crippen LogP contribution in [-0.2, 0) is 24.2 Å². The van der Waals surface area contributed by atoms with E-state index in [0.29, 0.717) is 17.2 Å². The Morgan fingerprint density at radius 1 is 1.35 bits per heavy atom. The molecule has 1 heterocycles. The molecular formula is C17H22ClNO5S2. The van der Waals surface area contributed by atoms with Gasteiger partial charge < -0.3 is 9.64 Å². The van der Waals surface area contributed by atoms with E-state index >= 15 is 0 Å². The Morgan fingerprint density at radius 2 is 2.00 bits per heavy atom. The molecule has 9 heteroatoms. The summed E-state index contributed by atoms with van der Waals surface area (Å²) in [5, 5.41) is 0.653. The predicted octanol–water partition coefficient (Wildman–Crippen LogP) is 2.40. The van der Waals surface area contributed by atoms with Crippen molar-refractivity contribution in [3.05, 3.63) is 29.3 Å². The van der Waals surface area contributed by atoms with Crippen molar-refractivity contribution in [3.8, 4) is 0 Å². The minimum Gasteiger partial charge on any atom is -0.453 e. The number of rotatable bonds is 7. The highest BCUT2D eigenvalue weighted by molar-refractivity contribution is 7.99. The minimum atomic E-state index is -3.08. The van der Waals surface area contributed by atoms with Crippen LogP contribution in [0.25, 0.3) is 0 Å². The molecule has 1 aromatic rings. The molecule has 1 aliphatic heterocycles. The van der Waals surface area contributed by atoms with Gasteiger partial charge in [0.1, 0.15) is 0 Å². The van der Waals surface area contributed by atoms with Crippen LogP contribution in [0.3, 0.4) is 0 Å². The molecule has 2 rings (SSSR count). The second-order valence-corrected chi connectivity index (χ2v) is 10.0. The Morgan fingerprint density at radius 3 is 2.58 bits per heavy atom. The first-order chi connectivity index (χ1) is 12.2. The average molecular weight is 420 g/mol. The zero-order valence-corrected chi connectivity index (χ0v) is 17.1. The van der Waals surface area contributed by atoms with Crippen LogP contribution in [0.1, 0.15) is 19.8 Å². The van der Waals surface area contributed by atoms with Crippen LogP contribution < -0.4 is 0 Å². The number of carbonyl (C=O) groups is 2. The van der Waals surface area contributed by atoms with E-state index in [9.17, 15) is 18.0 Å².